The summed E-state index contributed by atoms with van der Waals surface area (Å²) in [6, 6.07) is 14.8. The average molecular weight is 314 g/mol. The third-order valence-corrected chi connectivity index (χ3v) is 3.26. The van der Waals surface area contributed by atoms with Gasteiger partial charge in [0.05, 0.1) is 12.2 Å². The van der Waals surface area contributed by atoms with Crippen molar-refractivity contribution in [1.82, 2.24) is 5.32 Å². The second kappa shape index (κ2) is 7.56. The predicted octanol–water partition coefficient (Wildman–Crippen LogP) is 3.52. The fraction of sp³-hybridized carbons (Fsp3) is 0.176. The molecule has 0 bridgehead atoms. The third-order valence-electron chi connectivity index (χ3n) is 3.05. The largest absolute Gasteiger partial charge is 0.493 e. The van der Waals surface area contributed by atoms with Crippen LogP contribution in [0, 0.1) is 6.92 Å². The second-order valence-corrected chi connectivity index (χ2v) is 5.06. The van der Waals surface area contributed by atoms with Crippen LogP contribution in [0.15, 0.2) is 48.5 Å². The number of aryl methyl sites for hydroxylation is 1. The molecule has 0 aromatic heterocycles. The van der Waals surface area contributed by atoms with Crippen LogP contribution in [-0.4, -0.2) is 17.6 Å². The van der Waals surface area contributed by atoms with Crippen molar-refractivity contribution in [2.75, 3.05) is 11.9 Å². The maximum atomic E-state index is 12.3. The van der Waals surface area contributed by atoms with E-state index in [4.69, 9.17) is 17.0 Å². The summed E-state index contributed by atoms with van der Waals surface area (Å²) >= 11 is 5.20. The van der Waals surface area contributed by atoms with E-state index in [0.29, 0.717) is 17.9 Å². The Balaban J connectivity index is 2.06. The Bertz CT molecular complexity index is 686. The van der Waals surface area contributed by atoms with E-state index in [1.807, 2.05) is 44.2 Å². The lowest BCUT2D eigenvalue weighted by molar-refractivity contribution is 0.0974. The van der Waals surface area contributed by atoms with Crippen LogP contribution in [-0.2, 0) is 0 Å². The average Bonchev–Trinajstić information content (AvgIpc) is 2.50. The molecule has 0 fully saturated rings. The zero-order valence-corrected chi connectivity index (χ0v) is 13.4. The SMILES string of the molecule is CCOc1ccccc1C(=O)NC(=S)Nc1ccccc1C. The Morgan fingerprint density at radius 2 is 1.82 bits per heavy atom. The molecule has 0 spiro atoms. The van der Waals surface area contributed by atoms with Crippen LogP contribution >= 0.6 is 12.2 Å². The van der Waals surface area contributed by atoms with Gasteiger partial charge in [-0.25, -0.2) is 0 Å². The fourth-order valence-electron chi connectivity index (χ4n) is 1.97. The molecule has 22 heavy (non-hydrogen) atoms. The van der Waals surface area contributed by atoms with Gasteiger partial charge in [0, 0.05) is 5.69 Å². The highest BCUT2D eigenvalue weighted by Gasteiger charge is 2.13. The lowest BCUT2D eigenvalue weighted by Crippen LogP contribution is -2.34. The molecule has 4 nitrogen and oxygen atoms in total. The first-order valence-corrected chi connectivity index (χ1v) is 7.42. The zero-order valence-electron chi connectivity index (χ0n) is 12.6. The van der Waals surface area contributed by atoms with Gasteiger partial charge in [0.15, 0.2) is 5.11 Å². The van der Waals surface area contributed by atoms with Crippen LogP contribution in [0.3, 0.4) is 0 Å². The topological polar surface area (TPSA) is 50.4 Å². The smallest absolute Gasteiger partial charge is 0.261 e. The monoisotopic (exact) mass is 314 g/mol. The standard InChI is InChI=1S/C17H18N2O2S/c1-3-21-15-11-7-5-9-13(15)16(20)19-17(22)18-14-10-6-4-8-12(14)2/h4-11H,3H2,1-2H3,(H2,18,19,20,22). The van der Waals surface area contributed by atoms with Gasteiger partial charge in [-0.3, -0.25) is 10.1 Å². The summed E-state index contributed by atoms with van der Waals surface area (Å²) < 4.78 is 5.45. The normalized spacial score (nSPS) is 9.91. The summed E-state index contributed by atoms with van der Waals surface area (Å²) in [6.45, 7) is 4.34. The molecule has 0 heterocycles. The van der Waals surface area contributed by atoms with Crippen LogP contribution < -0.4 is 15.4 Å². The molecule has 2 aromatic rings. The maximum Gasteiger partial charge on any atom is 0.261 e. The molecule has 1 amide bonds. The third kappa shape index (κ3) is 4.05. The van der Waals surface area contributed by atoms with Gasteiger partial charge in [0.2, 0.25) is 0 Å². The number of rotatable bonds is 4. The van der Waals surface area contributed by atoms with Crippen molar-refractivity contribution in [2.24, 2.45) is 0 Å². The number of anilines is 1. The van der Waals surface area contributed by atoms with Crippen LogP contribution in [0.2, 0.25) is 0 Å². The number of carbonyl (C=O) groups is 1. The summed E-state index contributed by atoms with van der Waals surface area (Å²) in [5.74, 6) is 0.247. The van der Waals surface area contributed by atoms with E-state index in [9.17, 15) is 4.79 Å². The van der Waals surface area contributed by atoms with Crippen molar-refractivity contribution >= 4 is 28.9 Å². The van der Waals surface area contributed by atoms with Crippen molar-refractivity contribution in [3.05, 3.63) is 59.7 Å². The summed E-state index contributed by atoms with van der Waals surface area (Å²) in [6.07, 6.45) is 0. The number of carbonyl (C=O) groups excluding carboxylic acids is 1. The van der Waals surface area contributed by atoms with Gasteiger partial charge in [-0.2, -0.15) is 0 Å². The molecule has 0 atom stereocenters. The van der Waals surface area contributed by atoms with Gasteiger partial charge in [0.1, 0.15) is 5.75 Å². The number of benzene rings is 2. The highest BCUT2D eigenvalue weighted by Crippen LogP contribution is 2.18. The number of amides is 1. The molecule has 2 rings (SSSR count). The second-order valence-electron chi connectivity index (χ2n) is 4.65. The molecular formula is C17H18N2O2S. The lowest BCUT2D eigenvalue weighted by Gasteiger charge is -2.13. The molecule has 0 saturated carbocycles. The fourth-order valence-corrected chi connectivity index (χ4v) is 2.18. The van der Waals surface area contributed by atoms with Crippen molar-refractivity contribution in [3.8, 4) is 5.75 Å². The van der Waals surface area contributed by atoms with Crippen LogP contribution in [0.25, 0.3) is 0 Å². The number of hydrogen-bond donors (Lipinski definition) is 2. The van der Waals surface area contributed by atoms with Crippen LogP contribution in [0.5, 0.6) is 5.75 Å². The van der Waals surface area contributed by atoms with E-state index in [-0.39, 0.29) is 11.0 Å². The van der Waals surface area contributed by atoms with E-state index in [0.717, 1.165) is 11.3 Å². The molecule has 5 heteroatoms. The molecule has 0 aliphatic heterocycles. The van der Waals surface area contributed by atoms with Crippen LogP contribution in [0.1, 0.15) is 22.8 Å². The Hall–Kier alpha value is -2.40. The molecule has 0 aliphatic rings. The molecule has 0 radical (unpaired) electrons. The van der Waals surface area contributed by atoms with Crippen molar-refractivity contribution in [1.29, 1.82) is 0 Å². The molecule has 0 aliphatic carbocycles. The molecule has 114 valence electrons. The van der Waals surface area contributed by atoms with E-state index in [2.05, 4.69) is 10.6 Å². The summed E-state index contributed by atoms with van der Waals surface area (Å²) in [7, 11) is 0. The van der Waals surface area contributed by atoms with E-state index in [1.54, 1.807) is 18.2 Å². The van der Waals surface area contributed by atoms with Gasteiger partial charge in [-0.05, 0) is 49.8 Å². The van der Waals surface area contributed by atoms with Gasteiger partial charge >= 0.3 is 0 Å². The van der Waals surface area contributed by atoms with Gasteiger partial charge in [-0.1, -0.05) is 30.3 Å². The zero-order chi connectivity index (χ0) is 15.9. The Kier molecular flexibility index (Phi) is 5.49. The Morgan fingerprint density at radius 3 is 2.55 bits per heavy atom. The first-order chi connectivity index (χ1) is 10.6. The minimum absolute atomic E-state index is 0.255. The molecule has 0 saturated heterocycles. The number of para-hydroxylation sites is 2. The molecular weight excluding hydrogens is 296 g/mol. The minimum atomic E-state index is -0.296. The lowest BCUT2D eigenvalue weighted by atomic mass is 10.2. The summed E-state index contributed by atoms with van der Waals surface area (Å²) in [5.41, 5.74) is 2.37. The number of nitrogens with one attached hydrogen (secondary N) is 2. The molecule has 2 N–H and O–H groups in total. The molecule has 2 aromatic carbocycles. The number of thiocarbonyl (C=S) groups is 1. The number of hydrogen-bond acceptors (Lipinski definition) is 3. The highest BCUT2D eigenvalue weighted by molar-refractivity contribution is 7.80. The maximum absolute atomic E-state index is 12.3. The van der Waals surface area contributed by atoms with E-state index >= 15 is 0 Å². The summed E-state index contributed by atoms with van der Waals surface area (Å²) in [4.78, 5) is 12.3. The van der Waals surface area contributed by atoms with Gasteiger partial charge < -0.3 is 10.1 Å². The van der Waals surface area contributed by atoms with Crippen LogP contribution in [0.4, 0.5) is 5.69 Å². The van der Waals surface area contributed by atoms with Crippen molar-refractivity contribution < 1.29 is 9.53 Å². The quantitative estimate of drug-likeness (QED) is 0.848. The van der Waals surface area contributed by atoms with Crippen molar-refractivity contribution in [3.63, 3.8) is 0 Å². The predicted molar refractivity (Wildman–Crippen MR) is 92.5 cm³/mol. The highest BCUT2D eigenvalue weighted by atomic mass is 32.1. The Labute approximate surface area is 135 Å². The van der Waals surface area contributed by atoms with E-state index in [1.165, 1.54) is 0 Å². The first kappa shape index (κ1) is 16.0. The first-order valence-electron chi connectivity index (χ1n) is 7.01. The number of ether oxygens (including phenoxy) is 1. The van der Waals surface area contributed by atoms with Gasteiger partial charge in [-0.15, -0.1) is 0 Å². The Morgan fingerprint density at radius 1 is 1.14 bits per heavy atom. The van der Waals surface area contributed by atoms with Crippen molar-refractivity contribution in [2.45, 2.75) is 13.8 Å². The summed E-state index contributed by atoms with van der Waals surface area (Å²) in [5, 5.41) is 5.95. The van der Waals surface area contributed by atoms with E-state index < -0.39 is 0 Å². The minimum Gasteiger partial charge on any atom is -0.493 e. The van der Waals surface area contributed by atoms with Gasteiger partial charge in [0.25, 0.3) is 5.91 Å². The molecule has 0 unspecified atom stereocenters.